The van der Waals surface area contributed by atoms with Gasteiger partial charge < -0.3 is 5.32 Å². The van der Waals surface area contributed by atoms with Gasteiger partial charge in [-0.1, -0.05) is 49.9 Å². The minimum Gasteiger partial charge on any atom is -0.351 e. The van der Waals surface area contributed by atoms with Crippen molar-refractivity contribution >= 4 is 28.8 Å². The summed E-state index contributed by atoms with van der Waals surface area (Å²) in [6, 6.07) is 12.0. The molecule has 1 atom stereocenters. The first-order valence-electron chi connectivity index (χ1n) is 10.7. The molecule has 156 valence electrons. The highest BCUT2D eigenvalue weighted by molar-refractivity contribution is 7.10. The standard InChI is InChI=1S/C24H32N2O2S/c1-4-24(3,23(28)25-19-9-6-5-7-10-19)26(20-14-12-18(2)13-15-20)22(27)17-21-11-8-16-29-21/h8,11-16,19H,4-7,9-10,17H2,1-3H3,(H,25,28)/t24-/m1/s1. The van der Waals surface area contributed by atoms with Crippen molar-refractivity contribution in [3.63, 3.8) is 0 Å². The predicted molar refractivity (Wildman–Crippen MR) is 120 cm³/mol. The van der Waals surface area contributed by atoms with Gasteiger partial charge in [0.2, 0.25) is 11.8 Å². The van der Waals surface area contributed by atoms with Crippen LogP contribution in [-0.4, -0.2) is 23.4 Å². The first-order valence-corrected chi connectivity index (χ1v) is 11.5. The van der Waals surface area contributed by atoms with Crippen LogP contribution in [0.25, 0.3) is 0 Å². The van der Waals surface area contributed by atoms with Gasteiger partial charge in [0.15, 0.2) is 0 Å². The van der Waals surface area contributed by atoms with Gasteiger partial charge in [-0.15, -0.1) is 11.3 Å². The van der Waals surface area contributed by atoms with E-state index in [4.69, 9.17) is 0 Å². The molecule has 1 heterocycles. The summed E-state index contributed by atoms with van der Waals surface area (Å²) in [6.45, 7) is 5.91. The van der Waals surface area contributed by atoms with Crippen molar-refractivity contribution in [3.8, 4) is 0 Å². The number of amides is 2. The number of nitrogens with zero attached hydrogens (tertiary/aromatic N) is 1. The molecule has 1 aliphatic carbocycles. The number of nitrogens with one attached hydrogen (secondary N) is 1. The van der Waals surface area contributed by atoms with Crippen LogP contribution < -0.4 is 10.2 Å². The Morgan fingerprint density at radius 1 is 1.14 bits per heavy atom. The van der Waals surface area contributed by atoms with Gasteiger partial charge in [0.05, 0.1) is 6.42 Å². The minimum atomic E-state index is -0.930. The van der Waals surface area contributed by atoms with E-state index in [1.165, 1.54) is 6.42 Å². The fourth-order valence-electron chi connectivity index (χ4n) is 4.05. The smallest absolute Gasteiger partial charge is 0.246 e. The molecule has 3 rings (SSSR count). The summed E-state index contributed by atoms with van der Waals surface area (Å²) in [5.74, 6) is -0.0912. The lowest BCUT2D eigenvalue weighted by Gasteiger charge is -2.41. The Balaban J connectivity index is 1.91. The van der Waals surface area contributed by atoms with Gasteiger partial charge in [-0.05, 0) is 56.7 Å². The first kappa shape index (κ1) is 21.6. The number of aryl methyl sites for hydroxylation is 1. The second kappa shape index (κ2) is 9.57. The van der Waals surface area contributed by atoms with Gasteiger partial charge in [-0.3, -0.25) is 14.5 Å². The summed E-state index contributed by atoms with van der Waals surface area (Å²) >= 11 is 1.57. The number of anilines is 1. The SMILES string of the molecule is CC[C@](C)(C(=O)NC1CCCCC1)N(C(=O)Cc1cccs1)c1ccc(C)cc1. The number of carbonyl (C=O) groups is 2. The molecule has 0 saturated heterocycles. The maximum absolute atomic E-state index is 13.5. The Morgan fingerprint density at radius 2 is 1.83 bits per heavy atom. The van der Waals surface area contributed by atoms with E-state index in [2.05, 4.69) is 5.32 Å². The van der Waals surface area contributed by atoms with E-state index in [9.17, 15) is 9.59 Å². The van der Waals surface area contributed by atoms with Crippen LogP contribution in [0, 0.1) is 6.92 Å². The highest BCUT2D eigenvalue weighted by Crippen LogP contribution is 2.30. The van der Waals surface area contributed by atoms with Gasteiger partial charge in [-0.25, -0.2) is 0 Å². The highest BCUT2D eigenvalue weighted by Gasteiger charge is 2.42. The molecule has 1 fully saturated rings. The summed E-state index contributed by atoms with van der Waals surface area (Å²) in [5.41, 5.74) is 0.977. The lowest BCUT2D eigenvalue weighted by Crippen LogP contribution is -2.61. The summed E-state index contributed by atoms with van der Waals surface area (Å²) in [5, 5.41) is 5.24. The molecule has 0 unspecified atom stereocenters. The van der Waals surface area contributed by atoms with E-state index < -0.39 is 5.54 Å². The average Bonchev–Trinajstić information content (AvgIpc) is 3.23. The number of rotatable bonds is 7. The van der Waals surface area contributed by atoms with E-state index in [1.807, 2.05) is 62.5 Å². The molecule has 1 aromatic carbocycles. The van der Waals surface area contributed by atoms with Crippen LogP contribution in [0.4, 0.5) is 5.69 Å². The molecular formula is C24H32N2O2S. The molecule has 5 heteroatoms. The summed E-state index contributed by atoms with van der Waals surface area (Å²) in [4.78, 5) is 29.6. The molecule has 0 bridgehead atoms. The van der Waals surface area contributed by atoms with Crippen LogP contribution in [0.5, 0.6) is 0 Å². The fourth-order valence-corrected chi connectivity index (χ4v) is 4.74. The van der Waals surface area contributed by atoms with Crippen molar-refractivity contribution in [2.45, 2.75) is 77.3 Å². The van der Waals surface area contributed by atoms with Crippen molar-refractivity contribution < 1.29 is 9.59 Å². The summed E-state index contributed by atoms with van der Waals surface area (Å²) < 4.78 is 0. The summed E-state index contributed by atoms with van der Waals surface area (Å²) in [7, 11) is 0. The zero-order valence-electron chi connectivity index (χ0n) is 17.7. The number of hydrogen-bond acceptors (Lipinski definition) is 3. The van der Waals surface area contributed by atoms with Crippen molar-refractivity contribution in [1.29, 1.82) is 0 Å². The molecule has 2 amide bonds. The normalized spacial score (nSPS) is 16.8. The van der Waals surface area contributed by atoms with Gasteiger partial charge in [0.1, 0.15) is 5.54 Å². The van der Waals surface area contributed by atoms with Crippen molar-refractivity contribution in [1.82, 2.24) is 5.32 Å². The zero-order chi connectivity index (χ0) is 20.9. The minimum absolute atomic E-state index is 0.0422. The van der Waals surface area contributed by atoms with E-state index in [-0.39, 0.29) is 17.9 Å². The number of thiophene rings is 1. The van der Waals surface area contributed by atoms with Crippen LogP contribution in [0.1, 0.15) is 62.8 Å². The molecule has 4 nitrogen and oxygen atoms in total. The molecule has 1 aliphatic rings. The molecule has 29 heavy (non-hydrogen) atoms. The molecule has 1 aromatic heterocycles. The third kappa shape index (κ3) is 5.08. The number of benzene rings is 1. The van der Waals surface area contributed by atoms with Crippen molar-refractivity contribution in [2.24, 2.45) is 0 Å². The van der Waals surface area contributed by atoms with Gasteiger partial charge >= 0.3 is 0 Å². The maximum atomic E-state index is 13.5. The zero-order valence-corrected chi connectivity index (χ0v) is 18.6. The lowest BCUT2D eigenvalue weighted by atomic mass is 9.90. The molecular weight excluding hydrogens is 380 g/mol. The molecule has 0 aliphatic heterocycles. The molecule has 0 spiro atoms. The average molecular weight is 413 g/mol. The number of carbonyl (C=O) groups excluding carboxylic acids is 2. The van der Waals surface area contributed by atoms with Crippen LogP contribution in [0.15, 0.2) is 41.8 Å². The first-order chi connectivity index (χ1) is 13.9. The Morgan fingerprint density at radius 3 is 2.41 bits per heavy atom. The van der Waals surface area contributed by atoms with Crippen LogP contribution >= 0.6 is 11.3 Å². The lowest BCUT2D eigenvalue weighted by molar-refractivity contribution is -0.130. The fraction of sp³-hybridized carbons (Fsp3) is 0.500. The molecule has 1 saturated carbocycles. The molecule has 1 N–H and O–H groups in total. The summed E-state index contributed by atoms with van der Waals surface area (Å²) in [6.07, 6.45) is 6.47. The van der Waals surface area contributed by atoms with Gasteiger partial charge in [0, 0.05) is 16.6 Å². The Kier molecular flexibility index (Phi) is 7.12. The van der Waals surface area contributed by atoms with Crippen molar-refractivity contribution in [2.75, 3.05) is 4.90 Å². The molecule has 2 aromatic rings. The molecule has 0 radical (unpaired) electrons. The second-order valence-corrected chi connectivity index (χ2v) is 9.29. The van der Waals surface area contributed by atoms with Crippen LogP contribution in [0.3, 0.4) is 0 Å². The van der Waals surface area contributed by atoms with E-state index in [1.54, 1.807) is 16.2 Å². The van der Waals surface area contributed by atoms with Crippen LogP contribution in [0.2, 0.25) is 0 Å². The Hall–Kier alpha value is -2.14. The maximum Gasteiger partial charge on any atom is 0.246 e. The third-order valence-corrected chi connectivity index (χ3v) is 6.94. The quantitative estimate of drug-likeness (QED) is 0.675. The highest BCUT2D eigenvalue weighted by atomic mass is 32.1. The number of hydrogen-bond donors (Lipinski definition) is 1. The largest absolute Gasteiger partial charge is 0.351 e. The predicted octanol–water partition coefficient (Wildman–Crippen LogP) is 5.25. The Labute approximate surface area is 178 Å². The monoisotopic (exact) mass is 412 g/mol. The van der Waals surface area contributed by atoms with Gasteiger partial charge in [0.25, 0.3) is 0 Å². The second-order valence-electron chi connectivity index (χ2n) is 8.26. The Bertz CT molecular complexity index is 810. The third-order valence-electron chi connectivity index (χ3n) is 6.06. The van der Waals surface area contributed by atoms with E-state index in [0.717, 1.165) is 41.8 Å². The van der Waals surface area contributed by atoms with E-state index >= 15 is 0 Å². The van der Waals surface area contributed by atoms with Gasteiger partial charge in [-0.2, -0.15) is 0 Å². The van der Waals surface area contributed by atoms with Crippen LogP contribution in [-0.2, 0) is 16.0 Å². The van der Waals surface area contributed by atoms with E-state index in [0.29, 0.717) is 12.8 Å². The topological polar surface area (TPSA) is 49.4 Å². The van der Waals surface area contributed by atoms with Crippen molar-refractivity contribution in [3.05, 3.63) is 52.2 Å².